The van der Waals surface area contributed by atoms with Gasteiger partial charge in [-0.1, -0.05) is 33.1 Å². The quantitative estimate of drug-likeness (QED) is 0.764. The van der Waals surface area contributed by atoms with E-state index in [-0.39, 0.29) is 18.6 Å². The third-order valence-electron chi connectivity index (χ3n) is 3.63. The van der Waals surface area contributed by atoms with E-state index >= 15 is 0 Å². The first-order valence-corrected chi connectivity index (χ1v) is 6.80. The molecule has 2 N–H and O–H groups in total. The van der Waals surface area contributed by atoms with Gasteiger partial charge in [-0.05, 0) is 18.8 Å². The zero-order valence-electron chi connectivity index (χ0n) is 11.3. The van der Waals surface area contributed by atoms with E-state index < -0.39 is 5.97 Å². The molecule has 5 nitrogen and oxygen atoms in total. The molecule has 1 atom stereocenters. The maximum atomic E-state index is 12.0. The molecule has 0 aromatic heterocycles. The number of nitrogens with one attached hydrogen (secondary N) is 1. The van der Waals surface area contributed by atoms with Gasteiger partial charge in [0.1, 0.15) is 6.54 Å². The highest BCUT2D eigenvalue weighted by Gasteiger charge is 2.28. The summed E-state index contributed by atoms with van der Waals surface area (Å²) in [6, 6.07) is -0.136. The van der Waals surface area contributed by atoms with Crippen molar-refractivity contribution < 1.29 is 14.7 Å². The summed E-state index contributed by atoms with van der Waals surface area (Å²) in [6.45, 7) is 4.55. The lowest BCUT2D eigenvalue weighted by atomic mass is 10.1. The molecule has 2 amide bonds. The Morgan fingerprint density at radius 3 is 2.50 bits per heavy atom. The number of hydrogen-bond donors (Lipinski definition) is 2. The number of carbonyl (C=O) groups excluding carboxylic acids is 1. The SMILES string of the molecule is CCC(C)CNC(=O)N(CC(=O)O)C1CCCC1. The predicted octanol–water partition coefficient (Wildman–Crippen LogP) is 2.07. The van der Waals surface area contributed by atoms with Gasteiger partial charge in [0.25, 0.3) is 0 Å². The Hall–Kier alpha value is -1.26. The standard InChI is InChI=1S/C13H24N2O3/c1-3-10(2)8-14-13(18)15(9-12(16)17)11-6-4-5-7-11/h10-11H,3-9H2,1-2H3,(H,14,18)(H,16,17). The van der Waals surface area contributed by atoms with Crippen molar-refractivity contribution >= 4 is 12.0 Å². The van der Waals surface area contributed by atoms with Crippen LogP contribution in [0.2, 0.25) is 0 Å². The maximum absolute atomic E-state index is 12.0. The number of nitrogens with zero attached hydrogens (tertiary/aromatic N) is 1. The van der Waals surface area contributed by atoms with Gasteiger partial charge in [0.2, 0.25) is 0 Å². The first kappa shape index (κ1) is 14.8. The number of hydrogen-bond acceptors (Lipinski definition) is 2. The van der Waals surface area contributed by atoms with E-state index in [1.54, 1.807) is 0 Å². The molecule has 1 rings (SSSR count). The summed E-state index contributed by atoms with van der Waals surface area (Å²) >= 11 is 0. The Labute approximate surface area is 109 Å². The fourth-order valence-corrected chi connectivity index (χ4v) is 2.24. The Balaban J connectivity index is 2.52. The normalized spacial score (nSPS) is 17.4. The third kappa shape index (κ3) is 4.55. The van der Waals surface area contributed by atoms with Crippen LogP contribution in [0, 0.1) is 5.92 Å². The molecule has 1 aliphatic carbocycles. The molecule has 0 aliphatic heterocycles. The van der Waals surface area contributed by atoms with Crippen molar-refractivity contribution in [3.63, 3.8) is 0 Å². The highest BCUT2D eigenvalue weighted by Crippen LogP contribution is 2.23. The van der Waals surface area contributed by atoms with E-state index in [9.17, 15) is 9.59 Å². The van der Waals surface area contributed by atoms with Gasteiger partial charge in [-0.15, -0.1) is 0 Å². The van der Waals surface area contributed by atoms with Gasteiger partial charge in [-0.2, -0.15) is 0 Å². The summed E-state index contributed by atoms with van der Waals surface area (Å²) in [4.78, 5) is 24.4. The first-order valence-electron chi connectivity index (χ1n) is 6.80. The Morgan fingerprint density at radius 1 is 1.39 bits per heavy atom. The van der Waals surface area contributed by atoms with E-state index in [4.69, 9.17) is 5.11 Å². The second-order valence-corrected chi connectivity index (χ2v) is 5.16. The van der Waals surface area contributed by atoms with Crippen molar-refractivity contribution in [2.45, 2.75) is 52.0 Å². The number of carboxylic acid groups (broad SMARTS) is 1. The van der Waals surface area contributed by atoms with Crippen molar-refractivity contribution in [3.8, 4) is 0 Å². The number of carbonyl (C=O) groups is 2. The van der Waals surface area contributed by atoms with Crippen molar-refractivity contribution in [2.24, 2.45) is 5.92 Å². The van der Waals surface area contributed by atoms with Crippen molar-refractivity contribution in [1.29, 1.82) is 0 Å². The Morgan fingerprint density at radius 2 is 2.00 bits per heavy atom. The number of aliphatic carboxylic acids is 1. The van der Waals surface area contributed by atoms with Crippen LogP contribution < -0.4 is 5.32 Å². The second kappa shape index (κ2) is 7.24. The highest BCUT2D eigenvalue weighted by molar-refractivity contribution is 5.80. The Bertz CT molecular complexity index is 288. The van der Waals surface area contributed by atoms with Crippen LogP contribution in [0.3, 0.4) is 0 Å². The van der Waals surface area contributed by atoms with Gasteiger partial charge in [0, 0.05) is 12.6 Å². The van der Waals surface area contributed by atoms with E-state index in [0.717, 1.165) is 32.1 Å². The minimum atomic E-state index is -0.944. The van der Waals surface area contributed by atoms with Gasteiger partial charge >= 0.3 is 12.0 Å². The van der Waals surface area contributed by atoms with Crippen LogP contribution in [0.1, 0.15) is 46.0 Å². The van der Waals surface area contributed by atoms with Crippen molar-refractivity contribution in [2.75, 3.05) is 13.1 Å². The van der Waals surface area contributed by atoms with E-state index in [1.807, 2.05) is 0 Å². The van der Waals surface area contributed by atoms with E-state index in [0.29, 0.717) is 12.5 Å². The topological polar surface area (TPSA) is 69.6 Å². The van der Waals surface area contributed by atoms with Crippen LogP contribution in [0.5, 0.6) is 0 Å². The van der Waals surface area contributed by atoms with Crippen LogP contribution in [0.4, 0.5) is 4.79 Å². The fraction of sp³-hybridized carbons (Fsp3) is 0.846. The minimum absolute atomic E-state index is 0.0954. The smallest absolute Gasteiger partial charge is 0.323 e. The number of carboxylic acids is 1. The lowest BCUT2D eigenvalue weighted by molar-refractivity contribution is -0.138. The third-order valence-corrected chi connectivity index (χ3v) is 3.63. The molecular weight excluding hydrogens is 232 g/mol. The van der Waals surface area contributed by atoms with Gasteiger partial charge in [-0.3, -0.25) is 4.79 Å². The van der Waals surface area contributed by atoms with Gasteiger partial charge < -0.3 is 15.3 Å². The maximum Gasteiger partial charge on any atom is 0.323 e. The molecule has 0 aromatic carbocycles. The molecule has 18 heavy (non-hydrogen) atoms. The lowest BCUT2D eigenvalue weighted by Crippen LogP contribution is -2.48. The molecule has 0 heterocycles. The molecule has 1 unspecified atom stereocenters. The van der Waals surface area contributed by atoms with E-state index in [1.165, 1.54) is 4.90 Å². The molecule has 0 spiro atoms. The van der Waals surface area contributed by atoms with Crippen LogP contribution in [-0.2, 0) is 4.79 Å². The molecule has 1 aliphatic rings. The number of amides is 2. The molecule has 104 valence electrons. The van der Waals surface area contributed by atoms with E-state index in [2.05, 4.69) is 19.2 Å². The summed E-state index contributed by atoms with van der Waals surface area (Å²) in [5, 5.41) is 11.7. The molecule has 5 heteroatoms. The van der Waals surface area contributed by atoms with Gasteiger partial charge in [0.05, 0.1) is 0 Å². The van der Waals surface area contributed by atoms with Crippen LogP contribution in [0.25, 0.3) is 0 Å². The Kier molecular flexibility index (Phi) is 5.95. The van der Waals surface area contributed by atoms with Crippen molar-refractivity contribution in [1.82, 2.24) is 10.2 Å². The van der Waals surface area contributed by atoms with Crippen LogP contribution >= 0.6 is 0 Å². The molecule has 0 saturated heterocycles. The summed E-state index contributed by atoms with van der Waals surface area (Å²) in [5.41, 5.74) is 0. The summed E-state index contributed by atoms with van der Waals surface area (Å²) in [5.74, 6) is -0.523. The molecule has 0 radical (unpaired) electrons. The molecule has 0 bridgehead atoms. The number of urea groups is 1. The van der Waals surface area contributed by atoms with Crippen molar-refractivity contribution in [3.05, 3.63) is 0 Å². The highest BCUT2D eigenvalue weighted by atomic mass is 16.4. The predicted molar refractivity (Wildman–Crippen MR) is 69.5 cm³/mol. The molecule has 1 saturated carbocycles. The lowest BCUT2D eigenvalue weighted by Gasteiger charge is -2.28. The zero-order valence-corrected chi connectivity index (χ0v) is 11.3. The van der Waals surface area contributed by atoms with Gasteiger partial charge in [-0.25, -0.2) is 4.79 Å². The summed E-state index contributed by atoms with van der Waals surface area (Å²) in [6.07, 6.45) is 5.01. The van der Waals surface area contributed by atoms with Gasteiger partial charge in [0.15, 0.2) is 0 Å². The fourth-order valence-electron chi connectivity index (χ4n) is 2.24. The second-order valence-electron chi connectivity index (χ2n) is 5.16. The summed E-state index contributed by atoms with van der Waals surface area (Å²) in [7, 11) is 0. The molecular formula is C13H24N2O3. The average Bonchev–Trinajstić information content (AvgIpc) is 2.85. The minimum Gasteiger partial charge on any atom is -0.480 e. The molecule has 0 aromatic rings. The monoisotopic (exact) mass is 256 g/mol. The largest absolute Gasteiger partial charge is 0.480 e. The first-order chi connectivity index (χ1) is 8.54. The zero-order chi connectivity index (χ0) is 13.5. The van der Waals surface area contributed by atoms with Crippen LogP contribution in [0.15, 0.2) is 0 Å². The molecule has 1 fully saturated rings. The summed E-state index contributed by atoms with van der Waals surface area (Å²) < 4.78 is 0. The number of rotatable bonds is 6. The van der Waals surface area contributed by atoms with Crippen LogP contribution in [-0.4, -0.2) is 41.1 Å². The average molecular weight is 256 g/mol.